The van der Waals surface area contributed by atoms with Crippen molar-refractivity contribution in [3.8, 4) is 11.1 Å². The van der Waals surface area contributed by atoms with Crippen LogP contribution in [-0.4, -0.2) is 0 Å². The number of fused-ring (bicyclic) bond motifs is 1. The molecule has 0 aliphatic heterocycles. The standard InChI is InChI=1S/C63H48/c1-6-40(51-31-44-22-24-48-35-55(62(3,4)5)36-49-25-23-45(32-51)60(44)61(48)49)17-26-50-38-63(53-13-9-7-10-14-53,54-15-11-8-12-16-54)57-37-41(27-28-56(50)57)52-33-46-20-18-42-29-39(2)30-43-19-21-47(34-52)59(46)58(42)43/h6-38H,1-5H3/b26-17-,40-6+. The van der Waals surface area contributed by atoms with Gasteiger partial charge in [0, 0.05) is 0 Å². The normalized spacial score (nSPS) is 14.4. The Kier molecular flexibility index (Phi) is 8.25. The maximum Gasteiger partial charge on any atom is 0.0647 e. The maximum absolute atomic E-state index is 2.52. The van der Waals surface area contributed by atoms with E-state index in [1.54, 1.807) is 0 Å². The van der Waals surface area contributed by atoms with E-state index in [4.69, 9.17) is 0 Å². The van der Waals surface area contributed by atoms with Crippen molar-refractivity contribution in [1.29, 1.82) is 0 Å². The van der Waals surface area contributed by atoms with E-state index in [1.807, 2.05) is 0 Å². The van der Waals surface area contributed by atoms with Gasteiger partial charge in [-0.1, -0.05) is 191 Å². The first kappa shape index (κ1) is 37.5. The first-order chi connectivity index (χ1) is 30.7. The van der Waals surface area contributed by atoms with Crippen molar-refractivity contribution < 1.29 is 0 Å². The van der Waals surface area contributed by atoms with E-state index in [9.17, 15) is 0 Å². The first-order valence-electron chi connectivity index (χ1n) is 22.4. The lowest BCUT2D eigenvalue weighted by Gasteiger charge is -2.31. The van der Waals surface area contributed by atoms with E-state index in [1.165, 1.54) is 126 Å². The molecule has 0 N–H and O–H groups in total. The minimum Gasteiger partial charge on any atom is -0.0798 e. The molecule has 0 heterocycles. The molecular formula is C63H48. The molecule has 0 nitrogen and oxygen atoms in total. The third kappa shape index (κ3) is 5.82. The minimum atomic E-state index is -0.485. The zero-order valence-corrected chi connectivity index (χ0v) is 36.6. The fourth-order valence-electron chi connectivity index (χ4n) is 11.0. The Labute approximate surface area is 369 Å². The van der Waals surface area contributed by atoms with Gasteiger partial charge in [0.2, 0.25) is 0 Å². The van der Waals surface area contributed by atoms with Gasteiger partial charge >= 0.3 is 0 Å². The van der Waals surface area contributed by atoms with Crippen LogP contribution >= 0.6 is 0 Å². The van der Waals surface area contributed by atoms with Crippen molar-refractivity contribution in [1.82, 2.24) is 0 Å². The molecule has 0 fully saturated rings. The van der Waals surface area contributed by atoms with Gasteiger partial charge in [0.15, 0.2) is 0 Å². The van der Waals surface area contributed by atoms with Crippen molar-refractivity contribution in [2.75, 3.05) is 0 Å². The second-order valence-corrected chi connectivity index (χ2v) is 19.0. The summed E-state index contributed by atoms with van der Waals surface area (Å²) < 4.78 is 0. The predicted octanol–water partition coefficient (Wildman–Crippen LogP) is 17.1. The molecule has 63 heavy (non-hydrogen) atoms. The lowest BCUT2D eigenvalue weighted by molar-refractivity contribution is 0.591. The first-order valence-corrected chi connectivity index (χ1v) is 22.4. The average molecular weight is 805 g/mol. The second-order valence-electron chi connectivity index (χ2n) is 19.0. The summed E-state index contributed by atoms with van der Waals surface area (Å²) >= 11 is 0. The van der Waals surface area contributed by atoms with E-state index >= 15 is 0 Å². The SMILES string of the molecule is C/C=C(\C=C/C1=CC(c2ccccc2)(c2ccccc2)c2cc(-c3cc4ccc5cc(C)cc6ccc(c3)c4c56)ccc21)c1cc2ccc3cc(C(C)(C)C)cc4ccc(c1)c2c34. The Hall–Kier alpha value is -7.28. The van der Waals surface area contributed by atoms with Crippen molar-refractivity contribution in [3.63, 3.8) is 0 Å². The van der Waals surface area contributed by atoms with Gasteiger partial charge in [-0.05, 0) is 175 Å². The molecule has 0 atom stereocenters. The van der Waals surface area contributed by atoms with Gasteiger partial charge in [-0.15, -0.1) is 0 Å². The van der Waals surface area contributed by atoms with Gasteiger partial charge in [-0.25, -0.2) is 0 Å². The summed E-state index contributed by atoms with van der Waals surface area (Å²) in [5.74, 6) is 0. The fraction of sp³-hybridized carbons (Fsp3) is 0.111. The van der Waals surface area contributed by atoms with Crippen LogP contribution in [0.2, 0.25) is 0 Å². The lowest BCUT2D eigenvalue weighted by Crippen LogP contribution is -2.25. The van der Waals surface area contributed by atoms with E-state index in [0.717, 1.165) is 0 Å². The van der Waals surface area contributed by atoms with Crippen molar-refractivity contribution in [2.45, 2.75) is 45.4 Å². The molecule has 0 unspecified atom stereocenters. The second kappa shape index (κ2) is 13.9. The van der Waals surface area contributed by atoms with Crippen LogP contribution in [0.1, 0.15) is 66.6 Å². The third-order valence-corrected chi connectivity index (χ3v) is 14.1. The fourth-order valence-corrected chi connectivity index (χ4v) is 11.0. The van der Waals surface area contributed by atoms with Crippen LogP contribution in [0.15, 0.2) is 200 Å². The number of rotatable bonds is 6. The smallest absolute Gasteiger partial charge is 0.0647 e. The highest BCUT2D eigenvalue weighted by Crippen LogP contribution is 2.51. The molecule has 0 heteroatoms. The Balaban J connectivity index is 0.998. The topological polar surface area (TPSA) is 0 Å². The summed E-state index contributed by atoms with van der Waals surface area (Å²) in [5.41, 5.74) is 13.5. The van der Waals surface area contributed by atoms with Crippen LogP contribution in [0.5, 0.6) is 0 Å². The molecule has 1 aliphatic rings. The molecule has 1 aliphatic carbocycles. The Bertz CT molecular complexity index is 3530. The summed E-state index contributed by atoms with van der Waals surface area (Å²) in [6, 6.07) is 66.8. The maximum atomic E-state index is 2.52. The molecule has 12 rings (SSSR count). The molecule has 0 aromatic heterocycles. The molecule has 0 spiro atoms. The average Bonchev–Trinajstić information content (AvgIpc) is 3.64. The number of benzene rings is 11. The Morgan fingerprint density at radius 2 is 0.937 bits per heavy atom. The van der Waals surface area contributed by atoms with Crippen molar-refractivity contribution in [2.24, 2.45) is 0 Å². The number of aryl methyl sites for hydroxylation is 1. The predicted molar refractivity (Wildman–Crippen MR) is 273 cm³/mol. The number of hydrogen-bond donors (Lipinski definition) is 0. The number of allylic oxidation sites excluding steroid dienone is 6. The molecule has 0 radical (unpaired) electrons. The van der Waals surface area contributed by atoms with Gasteiger partial charge in [-0.3, -0.25) is 0 Å². The van der Waals surface area contributed by atoms with E-state index in [-0.39, 0.29) is 5.41 Å². The van der Waals surface area contributed by atoms with E-state index in [0.29, 0.717) is 0 Å². The van der Waals surface area contributed by atoms with Gasteiger partial charge in [0.25, 0.3) is 0 Å². The lowest BCUT2D eigenvalue weighted by atomic mass is 9.70. The van der Waals surface area contributed by atoms with Crippen LogP contribution in [0.3, 0.4) is 0 Å². The van der Waals surface area contributed by atoms with Crippen LogP contribution in [0.25, 0.3) is 86.9 Å². The molecule has 0 saturated heterocycles. The largest absolute Gasteiger partial charge is 0.0798 e. The Morgan fingerprint density at radius 3 is 1.41 bits per heavy atom. The van der Waals surface area contributed by atoms with Gasteiger partial charge in [0.05, 0.1) is 5.41 Å². The van der Waals surface area contributed by atoms with E-state index < -0.39 is 5.41 Å². The van der Waals surface area contributed by atoms with Gasteiger partial charge in [0.1, 0.15) is 0 Å². The molecule has 300 valence electrons. The molecule has 0 saturated carbocycles. The van der Waals surface area contributed by atoms with E-state index in [2.05, 4.69) is 235 Å². The highest BCUT2D eigenvalue weighted by atomic mass is 14.4. The summed E-state index contributed by atoms with van der Waals surface area (Å²) in [6.07, 6.45) is 9.46. The zero-order valence-electron chi connectivity index (χ0n) is 36.6. The van der Waals surface area contributed by atoms with Gasteiger partial charge in [-0.2, -0.15) is 0 Å². The Morgan fingerprint density at radius 1 is 0.476 bits per heavy atom. The van der Waals surface area contributed by atoms with Gasteiger partial charge < -0.3 is 0 Å². The molecule has 0 bridgehead atoms. The minimum absolute atomic E-state index is 0.0924. The third-order valence-electron chi connectivity index (χ3n) is 14.1. The van der Waals surface area contributed by atoms with Crippen LogP contribution in [-0.2, 0) is 10.8 Å². The quantitative estimate of drug-likeness (QED) is 0.116. The molecular weight excluding hydrogens is 757 g/mol. The van der Waals surface area contributed by atoms with Crippen molar-refractivity contribution in [3.05, 3.63) is 239 Å². The monoisotopic (exact) mass is 804 g/mol. The van der Waals surface area contributed by atoms with Crippen molar-refractivity contribution >= 4 is 75.8 Å². The summed E-state index contributed by atoms with van der Waals surface area (Å²) in [7, 11) is 0. The summed E-state index contributed by atoms with van der Waals surface area (Å²) in [4.78, 5) is 0. The molecule has 0 amide bonds. The van der Waals surface area contributed by atoms with Crippen LogP contribution in [0, 0.1) is 6.92 Å². The summed E-state index contributed by atoms with van der Waals surface area (Å²) in [6.45, 7) is 11.3. The highest BCUT2D eigenvalue weighted by molar-refractivity contribution is 6.25. The van der Waals surface area contributed by atoms with Crippen LogP contribution in [0.4, 0.5) is 0 Å². The number of hydrogen-bond acceptors (Lipinski definition) is 0. The molecule has 11 aromatic rings. The zero-order chi connectivity index (χ0) is 42.6. The summed E-state index contributed by atoms with van der Waals surface area (Å²) in [5, 5.41) is 15.8. The van der Waals surface area contributed by atoms with Crippen LogP contribution < -0.4 is 0 Å². The molecule has 11 aromatic carbocycles. The highest BCUT2D eigenvalue weighted by Gasteiger charge is 2.41.